The van der Waals surface area contributed by atoms with Gasteiger partial charge in [-0.05, 0) is 59.7 Å². The molecule has 1 saturated carbocycles. The van der Waals surface area contributed by atoms with E-state index in [1.807, 2.05) is 22.6 Å². The van der Waals surface area contributed by atoms with Crippen LogP contribution in [0.15, 0.2) is 30.3 Å². The fourth-order valence-corrected chi connectivity index (χ4v) is 2.90. The summed E-state index contributed by atoms with van der Waals surface area (Å²) in [5.74, 6) is -1.07. The van der Waals surface area contributed by atoms with Crippen LogP contribution in [0, 0.1) is 19.5 Å². The summed E-state index contributed by atoms with van der Waals surface area (Å²) >= 11 is 1.97. The Morgan fingerprint density at radius 3 is 2.65 bits per heavy atom. The average molecular weight is 471 g/mol. The molecule has 2 aromatic carbocycles. The van der Waals surface area contributed by atoms with Gasteiger partial charge < -0.3 is 15.4 Å². The van der Waals surface area contributed by atoms with Gasteiger partial charge in [0.15, 0.2) is 0 Å². The minimum Gasteiger partial charge on any atom is -0.489 e. The van der Waals surface area contributed by atoms with Crippen molar-refractivity contribution in [1.29, 1.82) is 0 Å². The summed E-state index contributed by atoms with van der Waals surface area (Å²) in [6.07, 6.45) is 1.79. The fraction of sp³-hybridized carbons (Fsp3) is 0.235. The number of amides is 1. The Hall–Kier alpha value is -2.43. The van der Waals surface area contributed by atoms with Crippen molar-refractivity contribution in [3.63, 3.8) is 0 Å². The van der Waals surface area contributed by atoms with E-state index < -0.39 is 16.6 Å². The molecule has 0 saturated heterocycles. The topological polar surface area (TPSA) is 93.5 Å². The van der Waals surface area contributed by atoms with Crippen molar-refractivity contribution in [2.24, 2.45) is 0 Å². The van der Waals surface area contributed by atoms with Crippen molar-refractivity contribution in [3.05, 3.63) is 55.4 Å². The lowest BCUT2D eigenvalue weighted by Gasteiger charge is -2.16. The van der Waals surface area contributed by atoms with Crippen LogP contribution in [0.4, 0.5) is 21.5 Å². The van der Waals surface area contributed by atoms with Crippen LogP contribution in [0.3, 0.4) is 0 Å². The lowest BCUT2D eigenvalue weighted by atomic mass is 10.1. The molecule has 9 heteroatoms. The lowest BCUT2D eigenvalue weighted by molar-refractivity contribution is -0.385. The number of carbonyl (C=O) groups is 1. The summed E-state index contributed by atoms with van der Waals surface area (Å²) in [6.45, 7) is 0. The van der Waals surface area contributed by atoms with E-state index in [0.29, 0.717) is 3.57 Å². The van der Waals surface area contributed by atoms with Crippen molar-refractivity contribution < 1.29 is 18.8 Å². The number of hydrogen-bond acceptors (Lipinski definition) is 5. The summed E-state index contributed by atoms with van der Waals surface area (Å²) in [7, 11) is 1.26. The maximum absolute atomic E-state index is 14.2. The number of nitro benzene ring substituents is 1. The van der Waals surface area contributed by atoms with Crippen molar-refractivity contribution in [3.8, 4) is 5.75 Å². The minimum atomic E-state index is -0.614. The molecular formula is C17H15FIN3O4. The number of rotatable bonds is 6. The summed E-state index contributed by atoms with van der Waals surface area (Å²) in [4.78, 5) is 23.2. The molecule has 0 aliphatic heterocycles. The van der Waals surface area contributed by atoms with E-state index in [1.54, 1.807) is 6.07 Å². The summed E-state index contributed by atoms with van der Waals surface area (Å²) in [6, 6.07) is 7.14. The zero-order valence-corrected chi connectivity index (χ0v) is 15.9. The highest BCUT2D eigenvalue weighted by Gasteiger charge is 2.29. The van der Waals surface area contributed by atoms with Crippen LogP contribution in [-0.2, 0) is 0 Å². The second-order valence-electron chi connectivity index (χ2n) is 5.79. The minimum absolute atomic E-state index is 0.0555. The zero-order chi connectivity index (χ0) is 18.8. The van der Waals surface area contributed by atoms with Gasteiger partial charge in [0.1, 0.15) is 11.5 Å². The molecule has 0 bridgehead atoms. The fourth-order valence-electron chi connectivity index (χ4n) is 2.45. The summed E-state index contributed by atoms with van der Waals surface area (Å²) < 4.78 is 20.1. The van der Waals surface area contributed by atoms with E-state index >= 15 is 0 Å². The molecule has 0 atom stereocenters. The van der Waals surface area contributed by atoms with E-state index in [9.17, 15) is 19.3 Å². The molecule has 1 aliphatic carbocycles. The molecule has 0 unspecified atom stereocenters. The molecule has 2 N–H and O–H groups in total. The zero-order valence-electron chi connectivity index (χ0n) is 13.7. The van der Waals surface area contributed by atoms with Gasteiger partial charge in [-0.15, -0.1) is 0 Å². The van der Waals surface area contributed by atoms with Crippen molar-refractivity contribution in [2.75, 3.05) is 12.4 Å². The molecule has 136 valence electrons. The van der Waals surface area contributed by atoms with Crippen molar-refractivity contribution >= 4 is 45.6 Å². The quantitative estimate of drug-likeness (QED) is 0.378. The lowest BCUT2D eigenvalue weighted by Crippen LogP contribution is -2.26. The molecule has 26 heavy (non-hydrogen) atoms. The number of methoxy groups -OCH3 is 1. The monoisotopic (exact) mass is 471 g/mol. The molecule has 0 heterocycles. The SMILES string of the molecule is COc1c([N+](=O)[O-])ccc(C(=O)NC2CC2)c1Nc1ccc(I)cc1F. The van der Waals surface area contributed by atoms with Crippen LogP contribution < -0.4 is 15.4 Å². The first kappa shape index (κ1) is 18.4. The van der Waals surface area contributed by atoms with Gasteiger partial charge in [0, 0.05) is 15.7 Å². The summed E-state index contributed by atoms with van der Waals surface area (Å²) in [5, 5.41) is 16.9. The van der Waals surface area contributed by atoms with Gasteiger partial charge >= 0.3 is 5.69 Å². The molecule has 3 rings (SSSR count). The molecule has 2 aromatic rings. The molecule has 0 spiro atoms. The first-order valence-corrected chi connectivity index (χ1v) is 8.87. The molecule has 1 aliphatic rings. The Kier molecular flexibility index (Phi) is 5.25. The third kappa shape index (κ3) is 3.87. The first-order valence-electron chi connectivity index (χ1n) is 7.79. The van der Waals surface area contributed by atoms with E-state index in [0.717, 1.165) is 12.8 Å². The Morgan fingerprint density at radius 2 is 2.08 bits per heavy atom. The summed E-state index contributed by atoms with van der Waals surface area (Å²) in [5.41, 5.74) is -0.0224. The maximum Gasteiger partial charge on any atom is 0.313 e. The van der Waals surface area contributed by atoms with Crippen LogP contribution in [0.25, 0.3) is 0 Å². The van der Waals surface area contributed by atoms with Gasteiger partial charge in [0.25, 0.3) is 5.91 Å². The van der Waals surface area contributed by atoms with Crippen LogP contribution in [0.5, 0.6) is 5.75 Å². The molecule has 1 fully saturated rings. The highest BCUT2D eigenvalue weighted by Crippen LogP contribution is 2.40. The Balaban J connectivity index is 2.09. The molecule has 0 radical (unpaired) electrons. The number of anilines is 2. The molecular weight excluding hydrogens is 456 g/mol. The van der Waals surface area contributed by atoms with Gasteiger partial charge in [-0.25, -0.2) is 4.39 Å². The number of ether oxygens (including phenoxy) is 1. The van der Waals surface area contributed by atoms with Gasteiger partial charge in [-0.2, -0.15) is 0 Å². The molecule has 7 nitrogen and oxygen atoms in total. The van der Waals surface area contributed by atoms with Crippen molar-refractivity contribution in [2.45, 2.75) is 18.9 Å². The smallest absolute Gasteiger partial charge is 0.313 e. The van der Waals surface area contributed by atoms with Crippen molar-refractivity contribution in [1.82, 2.24) is 5.32 Å². The number of halogens is 2. The molecule has 1 amide bonds. The number of benzene rings is 2. The highest BCUT2D eigenvalue weighted by atomic mass is 127. The number of carbonyl (C=O) groups excluding carboxylic acids is 1. The van der Waals surface area contributed by atoms with E-state index in [2.05, 4.69) is 10.6 Å². The Bertz CT molecular complexity index is 887. The standard InChI is InChI=1S/C17H15FIN3O4/c1-26-16-14(22(24)25)7-5-11(17(23)20-10-3-4-10)15(16)21-13-6-2-9(19)8-12(13)18/h2,5-8,10,21H,3-4H2,1H3,(H,20,23). The number of nitro groups is 1. The van der Waals surface area contributed by atoms with Crippen LogP contribution in [0.2, 0.25) is 0 Å². The van der Waals surface area contributed by atoms with Gasteiger partial charge in [0.05, 0.1) is 23.3 Å². The second kappa shape index (κ2) is 7.44. The maximum atomic E-state index is 14.2. The number of nitrogens with zero attached hydrogens (tertiary/aromatic N) is 1. The largest absolute Gasteiger partial charge is 0.489 e. The highest BCUT2D eigenvalue weighted by molar-refractivity contribution is 14.1. The van der Waals surface area contributed by atoms with E-state index in [4.69, 9.17) is 4.74 Å². The number of hydrogen-bond donors (Lipinski definition) is 2. The van der Waals surface area contributed by atoms with E-state index in [1.165, 1.54) is 31.4 Å². The van der Waals surface area contributed by atoms with Gasteiger partial charge in [0.2, 0.25) is 5.75 Å². The predicted octanol–water partition coefficient (Wildman–Crippen LogP) is 3.98. The third-order valence-electron chi connectivity index (χ3n) is 3.89. The Morgan fingerprint density at radius 1 is 1.35 bits per heavy atom. The average Bonchev–Trinajstić information content (AvgIpc) is 3.40. The van der Waals surface area contributed by atoms with E-state index in [-0.39, 0.29) is 34.4 Å². The first-order chi connectivity index (χ1) is 12.4. The van der Waals surface area contributed by atoms with Crippen LogP contribution in [0.1, 0.15) is 23.2 Å². The Labute approximate surface area is 162 Å². The second-order valence-corrected chi connectivity index (χ2v) is 7.04. The van der Waals surface area contributed by atoms with Gasteiger partial charge in [-0.1, -0.05) is 0 Å². The number of nitrogens with one attached hydrogen (secondary N) is 2. The van der Waals surface area contributed by atoms with Crippen LogP contribution in [-0.4, -0.2) is 24.0 Å². The van der Waals surface area contributed by atoms with Gasteiger partial charge in [-0.3, -0.25) is 14.9 Å². The third-order valence-corrected chi connectivity index (χ3v) is 4.56. The molecule has 0 aromatic heterocycles. The normalized spacial score (nSPS) is 13.2. The predicted molar refractivity (Wildman–Crippen MR) is 103 cm³/mol. The van der Waals surface area contributed by atoms with Crippen LogP contribution >= 0.6 is 22.6 Å².